The van der Waals surface area contributed by atoms with E-state index in [4.69, 9.17) is 5.73 Å². The van der Waals surface area contributed by atoms with E-state index < -0.39 is 0 Å². The number of unbranched alkanes of at least 4 members (excludes halogenated alkanes) is 2. The molecule has 1 amide bonds. The molecule has 0 saturated carbocycles. The predicted molar refractivity (Wildman–Crippen MR) is 63.5 cm³/mol. The summed E-state index contributed by atoms with van der Waals surface area (Å²) in [4.78, 5) is 11.4. The molecule has 0 heterocycles. The Morgan fingerprint density at radius 2 is 2.14 bits per heavy atom. The van der Waals surface area contributed by atoms with Gasteiger partial charge in [-0.3, -0.25) is 4.79 Å². The zero-order chi connectivity index (χ0) is 10.8. The number of nitrogens with two attached hydrogens (primary N) is 1. The Bertz CT molecular complexity index is 153. The smallest absolute Gasteiger partial charge is 0.237 e. The number of amides is 1. The summed E-state index contributed by atoms with van der Waals surface area (Å²) in [6.07, 6.45) is 3.39. The first kappa shape index (κ1) is 13.8. The molecule has 3 nitrogen and oxygen atoms in total. The zero-order valence-electron chi connectivity index (χ0n) is 9.21. The minimum atomic E-state index is -0.346. The van der Waals surface area contributed by atoms with E-state index in [1.807, 2.05) is 0 Å². The molecule has 1 atom stereocenters. The maximum atomic E-state index is 11.4. The van der Waals surface area contributed by atoms with Crippen molar-refractivity contribution in [3.8, 4) is 0 Å². The van der Waals surface area contributed by atoms with Crippen LogP contribution in [0.2, 0.25) is 0 Å². The summed E-state index contributed by atoms with van der Waals surface area (Å²) in [5.74, 6) is 1.72. The molecule has 0 aliphatic heterocycles. The van der Waals surface area contributed by atoms with Gasteiger partial charge in [0.05, 0.1) is 6.04 Å². The van der Waals surface area contributed by atoms with E-state index in [0.717, 1.165) is 24.5 Å². The van der Waals surface area contributed by atoms with Crippen molar-refractivity contribution < 1.29 is 4.79 Å². The molecule has 0 unspecified atom stereocenters. The molecule has 0 spiro atoms. The molecule has 84 valence electrons. The van der Waals surface area contributed by atoms with Crippen LogP contribution in [0.4, 0.5) is 0 Å². The van der Waals surface area contributed by atoms with Gasteiger partial charge < -0.3 is 11.1 Å². The molecule has 0 radical (unpaired) electrons. The Morgan fingerprint density at radius 1 is 1.43 bits per heavy atom. The van der Waals surface area contributed by atoms with Gasteiger partial charge in [-0.15, -0.1) is 0 Å². The fourth-order valence-corrected chi connectivity index (χ4v) is 1.68. The van der Waals surface area contributed by atoms with Crippen molar-refractivity contribution in [1.82, 2.24) is 5.32 Å². The summed E-state index contributed by atoms with van der Waals surface area (Å²) < 4.78 is 0. The second-order valence-corrected chi connectivity index (χ2v) is 4.58. The van der Waals surface area contributed by atoms with Gasteiger partial charge in [-0.1, -0.05) is 26.7 Å². The zero-order valence-corrected chi connectivity index (χ0v) is 10.0. The standard InChI is InChI=1S/C10H22N2OS/c1-3-5-6-7-12-10(13)9(11)8-14-4-2/h9H,3-8,11H2,1-2H3,(H,12,13)/t9-/m0/s1. The van der Waals surface area contributed by atoms with Crippen LogP contribution in [0.3, 0.4) is 0 Å². The van der Waals surface area contributed by atoms with Crippen molar-refractivity contribution in [3.63, 3.8) is 0 Å². The molecule has 0 aliphatic carbocycles. The van der Waals surface area contributed by atoms with Crippen molar-refractivity contribution >= 4 is 17.7 Å². The van der Waals surface area contributed by atoms with Crippen LogP contribution in [0.1, 0.15) is 33.1 Å². The van der Waals surface area contributed by atoms with Crippen LogP contribution >= 0.6 is 11.8 Å². The minimum Gasteiger partial charge on any atom is -0.355 e. The van der Waals surface area contributed by atoms with E-state index in [1.165, 1.54) is 12.8 Å². The van der Waals surface area contributed by atoms with Gasteiger partial charge in [-0.05, 0) is 12.2 Å². The van der Waals surface area contributed by atoms with E-state index in [0.29, 0.717) is 0 Å². The summed E-state index contributed by atoms with van der Waals surface area (Å²) in [6, 6.07) is -0.346. The van der Waals surface area contributed by atoms with Crippen LogP contribution in [-0.2, 0) is 4.79 Å². The number of thioether (sulfide) groups is 1. The Labute approximate surface area is 91.2 Å². The van der Waals surface area contributed by atoms with E-state index in [9.17, 15) is 4.79 Å². The molecule has 14 heavy (non-hydrogen) atoms. The normalized spacial score (nSPS) is 12.5. The molecule has 4 heteroatoms. The molecular weight excluding hydrogens is 196 g/mol. The van der Waals surface area contributed by atoms with E-state index in [2.05, 4.69) is 19.2 Å². The van der Waals surface area contributed by atoms with Crippen LogP contribution in [0, 0.1) is 0 Å². The largest absolute Gasteiger partial charge is 0.355 e. The summed E-state index contributed by atoms with van der Waals surface area (Å²) in [6.45, 7) is 4.97. The highest BCUT2D eigenvalue weighted by Crippen LogP contribution is 2.00. The molecule has 0 aromatic rings. The lowest BCUT2D eigenvalue weighted by Gasteiger charge is -2.10. The number of carbonyl (C=O) groups excluding carboxylic acids is 1. The van der Waals surface area contributed by atoms with Crippen LogP contribution < -0.4 is 11.1 Å². The number of hydrogen-bond acceptors (Lipinski definition) is 3. The Balaban J connectivity index is 3.42. The summed E-state index contributed by atoms with van der Waals surface area (Å²) in [5, 5.41) is 2.85. The summed E-state index contributed by atoms with van der Waals surface area (Å²) >= 11 is 1.70. The SMILES string of the molecule is CCCCCNC(=O)[C@@H](N)CSCC. The van der Waals surface area contributed by atoms with Crippen molar-refractivity contribution in [2.24, 2.45) is 5.73 Å². The molecular formula is C10H22N2OS. The van der Waals surface area contributed by atoms with Crippen LogP contribution in [0.15, 0.2) is 0 Å². The van der Waals surface area contributed by atoms with Crippen molar-refractivity contribution in [3.05, 3.63) is 0 Å². The Morgan fingerprint density at radius 3 is 2.71 bits per heavy atom. The topological polar surface area (TPSA) is 55.1 Å². The summed E-state index contributed by atoms with van der Waals surface area (Å²) in [5.41, 5.74) is 5.69. The number of nitrogens with one attached hydrogen (secondary N) is 1. The van der Waals surface area contributed by atoms with Gasteiger partial charge in [0.2, 0.25) is 5.91 Å². The minimum absolute atomic E-state index is 0.0120. The maximum Gasteiger partial charge on any atom is 0.237 e. The van der Waals surface area contributed by atoms with Crippen LogP contribution in [0.25, 0.3) is 0 Å². The van der Waals surface area contributed by atoms with E-state index in [1.54, 1.807) is 11.8 Å². The van der Waals surface area contributed by atoms with Gasteiger partial charge in [-0.2, -0.15) is 11.8 Å². The average Bonchev–Trinajstić information content (AvgIpc) is 2.20. The third-order valence-electron chi connectivity index (χ3n) is 1.92. The Kier molecular flexibility index (Phi) is 9.19. The van der Waals surface area contributed by atoms with Gasteiger partial charge >= 0.3 is 0 Å². The lowest BCUT2D eigenvalue weighted by Crippen LogP contribution is -2.42. The highest BCUT2D eigenvalue weighted by atomic mass is 32.2. The highest BCUT2D eigenvalue weighted by molar-refractivity contribution is 7.99. The molecule has 0 bridgehead atoms. The Hall–Kier alpha value is -0.220. The quantitative estimate of drug-likeness (QED) is 0.605. The van der Waals surface area contributed by atoms with Crippen molar-refractivity contribution in [2.75, 3.05) is 18.1 Å². The van der Waals surface area contributed by atoms with Gasteiger partial charge in [0.15, 0.2) is 0 Å². The van der Waals surface area contributed by atoms with Gasteiger partial charge in [0, 0.05) is 12.3 Å². The molecule has 0 rings (SSSR count). The third-order valence-corrected chi connectivity index (χ3v) is 2.92. The predicted octanol–water partition coefficient (Wildman–Crippen LogP) is 1.37. The molecule has 0 aromatic carbocycles. The first-order valence-corrected chi connectivity index (χ1v) is 6.48. The van der Waals surface area contributed by atoms with Gasteiger partial charge in [-0.25, -0.2) is 0 Å². The lowest BCUT2D eigenvalue weighted by atomic mass is 10.2. The highest BCUT2D eigenvalue weighted by Gasteiger charge is 2.11. The van der Waals surface area contributed by atoms with Gasteiger partial charge in [0.25, 0.3) is 0 Å². The second kappa shape index (κ2) is 9.34. The average molecular weight is 218 g/mol. The van der Waals surface area contributed by atoms with Crippen molar-refractivity contribution in [2.45, 2.75) is 39.2 Å². The van der Waals surface area contributed by atoms with Crippen molar-refractivity contribution in [1.29, 1.82) is 0 Å². The van der Waals surface area contributed by atoms with Crippen LogP contribution in [0.5, 0.6) is 0 Å². The molecule has 0 saturated heterocycles. The first-order valence-electron chi connectivity index (χ1n) is 5.33. The fourth-order valence-electron chi connectivity index (χ4n) is 1.04. The fraction of sp³-hybridized carbons (Fsp3) is 0.900. The van der Waals surface area contributed by atoms with Gasteiger partial charge in [0.1, 0.15) is 0 Å². The van der Waals surface area contributed by atoms with E-state index >= 15 is 0 Å². The van der Waals surface area contributed by atoms with Crippen LogP contribution in [-0.4, -0.2) is 30.0 Å². The molecule has 0 aliphatic rings. The number of rotatable bonds is 8. The summed E-state index contributed by atoms with van der Waals surface area (Å²) in [7, 11) is 0. The number of hydrogen-bond donors (Lipinski definition) is 2. The molecule has 0 fully saturated rings. The number of carbonyl (C=O) groups is 1. The third kappa shape index (κ3) is 7.21. The molecule has 0 aromatic heterocycles. The maximum absolute atomic E-state index is 11.4. The first-order chi connectivity index (χ1) is 6.72. The monoisotopic (exact) mass is 218 g/mol. The molecule has 3 N–H and O–H groups in total. The second-order valence-electron chi connectivity index (χ2n) is 3.26. The van der Waals surface area contributed by atoms with E-state index in [-0.39, 0.29) is 11.9 Å². The lowest BCUT2D eigenvalue weighted by molar-refractivity contribution is -0.121.